The summed E-state index contributed by atoms with van der Waals surface area (Å²) in [5, 5.41) is 20.0. The van der Waals surface area contributed by atoms with Crippen molar-refractivity contribution in [2.45, 2.75) is 39.3 Å². The third-order valence-electron chi connectivity index (χ3n) is 8.26. The van der Waals surface area contributed by atoms with Gasteiger partial charge < -0.3 is 20.1 Å². The van der Waals surface area contributed by atoms with E-state index in [0.717, 1.165) is 41.2 Å². The fraction of sp³-hybridized carbons (Fsp3) is 0.273. The predicted molar refractivity (Wildman–Crippen MR) is 161 cm³/mol. The Bertz CT molecular complexity index is 1700. The maximum Gasteiger partial charge on any atom is 0.256 e. The van der Waals surface area contributed by atoms with E-state index >= 15 is 0 Å². The number of aromatic nitrogens is 1. The van der Waals surface area contributed by atoms with Crippen molar-refractivity contribution in [2.24, 2.45) is 0 Å². The Morgan fingerprint density at radius 3 is 2.60 bits per heavy atom. The summed E-state index contributed by atoms with van der Waals surface area (Å²) in [4.78, 5) is 30.5. The normalized spacial score (nSPS) is 18.3. The number of nitriles is 1. The summed E-state index contributed by atoms with van der Waals surface area (Å²) in [6, 6.07) is 23.7. The zero-order valence-electron chi connectivity index (χ0n) is 23.8. The second-order valence-corrected chi connectivity index (χ2v) is 10.9. The number of para-hydroxylation sites is 1. The van der Waals surface area contributed by atoms with E-state index in [2.05, 4.69) is 44.6 Å². The van der Waals surface area contributed by atoms with Crippen LogP contribution in [0.3, 0.4) is 0 Å². The molecule has 0 saturated carbocycles. The number of anilines is 3. The Morgan fingerprint density at radius 2 is 1.86 bits per heavy atom. The molecule has 0 spiro atoms. The average molecular weight is 561 g/mol. The molecule has 2 N–H and O–H groups in total. The van der Waals surface area contributed by atoms with Gasteiger partial charge in [-0.05, 0) is 62.2 Å². The molecule has 3 heterocycles. The zero-order valence-corrected chi connectivity index (χ0v) is 23.8. The van der Waals surface area contributed by atoms with Gasteiger partial charge in [0.1, 0.15) is 11.8 Å². The second-order valence-electron chi connectivity index (χ2n) is 10.9. The summed E-state index contributed by atoms with van der Waals surface area (Å²) in [5.74, 6) is 0.340. The summed E-state index contributed by atoms with van der Waals surface area (Å²) in [6.07, 6.45) is 0.151. The first kappa shape index (κ1) is 27.2. The van der Waals surface area contributed by atoms with Crippen molar-refractivity contribution in [3.63, 3.8) is 0 Å². The van der Waals surface area contributed by atoms with Crippen molar-refractivity contribution in [1.29, 1.82) is 5.26 Å². The lowest BCUT2D eigenvalue weighted by Crippen LogP contribution is -2.53. The van der Waals surface area contributed by atoms with Crippen LogP contribution < -0.4 is 15.5 Å². The van der Waals surface area contributed by atoms with E-state index in [1.807, 2.05) is 61.5 Å². The van der Waals surface area contributed by atoms with Crippen molar-refractivity contribution in [3.8, 4) is 6.07 Å². The van der Waals surface area contributed by atoms with Gasteiger partial charge in [0.15, 0.2) is 0 Å². The minimum atomic E-state index is -0.194. The number of piperazine rings is 1. The minimum absolute atomic E-state index is 0.0772. The first-order chi connectivity index (χ1) is 20.3. The number of rotatable bonds is 5. The van der Waals surface area contributed by atoms with Gasteiger partial charge in [-0.15, -0.1) is 0 Å². The van der Waals surface area contributed by atoms with Crippen LogP contribution in [0.15, 0.2) is 71.3 Å². The summed E-state index contributed by atoms with van der Waals surface area (Å²) in [6.45, 7) is 7.94. The Morgan fingerprint density at radius 1 is 1.10 bits per heavy atom. The molecule has 1 aromatic heterocycles. The monoisotopic (exact) mass is 560 g/mol. The molecule has 42 heavy (non-hydrogen) atoms. The highest BCUT2D eigenvalue weighted by molar-refractivity contribution is 6.07. The maximum atomic E-state index is 13.1. The van der Waals surface area contributed by atoms with Crippen LogP contribution in [0, 0.1) is 25.2 Å². The Balaban J connectivity index is 1.22. The van der Waals surface area contributed by atoms with Crippen molar-refractivity contribution >= 4 is 28.9 Å². The van der Waals surface area contributed by atoms with Crippen LogP contribution in [-0.2, 0) is 11.2 Å². The highest BCUT2D eigenvalue weighted by atomic mass is 16.5. The smallest absolute Gasteiger partial charge is 0.256 e. The van der Waals surface area contributed by atoms with Crippen LogP contribution in [0.2, 0.25) is 0 Å². The van der Waals surface area contributed by atoms with E-state index in [0.29, 0.717) is 34.8 Å². The van der Waals surface area contributed by atoms with E-state index in [9.17, 15) is 14.9 Å². The zero-order chi connectivity index (χ0) is 29.4. The fourth-order valence-corrected chi connectivity index (χ4v) is 6.19. The number of amides is 2. The Kier molecular flexibility index (Phi) is 7.23. The van der Waals surface area contributed by atoms with Gasteiger partial charge in [0.05, 0.1) is 29.4 Å². The molecule has 2 unspecified atom stereocenters. The molecule has 9 nitrogen and oxygen atoms in total. The van der Waals surface area contributed by atoms with Crippen molar-refractivity contribution in [2.75, 3.05) is 35.2 Å². The van der Waals surface area contributed by atoms with Gasteiger partial charge in [-0.3, -0.25) is 14.5 Å². The van der Waals surface area contributed by atoms with E-state index in [4.69, 9.17) is 4.52 Å². The number of fused-ring (bicyclic) bond motifs is 2. The first-order valence-corrected chi connectivity index (χ1v) is 14.1. The number of nitrogens with zero attached hydrogens (tertiary/aromatic N) is 4. The molecule has 0 aliphatic carbocycles. The van der Waals surface area contributed by atoms with Crippen LogP contribution in [0.25, 0.3) is 0 Å². The second kappa shape index (κ2) is 11.1. The number of carbonyl (C=O) groups is 2. The molecule has 1 saturated heterocycles. The highest BCUT2D eigenvalue weighted by Gasteiger charge is 2.35. The molecule has 9 heteroatoms. The van der Waals surface area contributed by atoms with Crippen LogP contribution >= 0.6 is 0 Å². The van der Waals surface area contributed by atoms with Crippen molar-refractivity contribution in [3.05, 3.63) is 106 Å². The van der Waals surface area contributed by atoms with Gasteiger partial charge in [-0.2, -0.15) is 5.26 Å². The molecular formula is C33H32N6O3. The van der Waals surface area contributed by atoms with Gasteiger partial charge in [-0.25, -0.2) is 0 Å². The molecule has 2 aliphatic rings. The van der Waals surface area contributed by atoms with E-state index in [1.54, 1.807) is 13.0 Å². The molecule has 0 radical (unpaired) electrons. The Labute approximate surface area is 244 Å². The van der Waals surface area contributed by atoms with E-state index in [-0.39, 0.29) is 30.3 Å². The SMILES string of the molecule is Cc1noc(C)c1CC(=O)Nc1ccc(N2CCN(C3c4ccccc4NC(=O)c4ccccc43)CC2C)c(C#N)c1. The molecule has 3 aromatic carbocycles. The molecule has 2 aliphatic heterocycles. The van der Waals surface area contributed by atoms with Crippen LogP contribution in [-0.4, -0.2) is 47.5 Å². The molecular weight excluding hydrogens is 528 g/mol. The number of hydrogen-bond acceptors (Lipinski definition) is 7. The fourth-order valence-electron chi connectivity index (χ4n) is 6.19. The topological polar surface area (TPSA) is 114 Å². The standard InChI is InChI=1S/C33H32N6O3/c1-20-19-38(32-25-8-4-5-9-26(25)33(41)36-29-11-7-6-10-27(29)32)14-15-39(20)30-13-12-24(16-23(30)18-34)35-31(40)17-28-21(2)37-42-22(28)3/h4-13,16,20,32H,14-15,17,19H2,1-3H3,(H,35,40)(H,36,41). The minimum Gasteiger partial charge on any atom is -0.365 e. The molecule has 6 rings (SSSR count). The van der Waals surface area contributed by atoms with Gasteiger partial charge in [-0.1, -0.05) is 41.6 Å². The van der Waals surface area contributed by atoms with Gasteiger partial charge in [0.25, 0.3) is 5.91 Å². The number of benzene rings is 3. The van der Waals surface area contributed by atoms with Gasteiger partial charge in [0, 0.05) is 48.2 Å². The number of hydrogen-bond donors (Lipinski definition) is 2. The maximum absolute atomic E-state index is 13.1. The van der Waals surface area contributed by atoms with Crippen molar-refractivity contribution in [1.82, 2.24) is 10.1 Å². The average Bonchev–Trinajstić information content (AvgIpc) is 3.23. The Hall–Kier alpha value is -4.94. The highest BCUT2D eigenvalue weighted by Crippen LogP contribution is 2.39. The lowest BCUT2D eigenvalue weighted by molar-refractivity contribution is -0.115. The molecule has 4 aromatic rings. The van der Waals surface area contributed by atoms with Gasteiger partial charge >= 0.3 is 0 Å². The molecule has 212 valence electrons. The largest absolute Gasteiger partial charge is 0.365 e. The molecule has 2 amide bonds. The molecule has 2 atom stereocenters. The summed E-state index contributed by atoms with van der Waals surface area (Å²) < 4.78 is 5.17. The van der Waals surface area contributed by atoms with E-state index < -0.39 is 0 Å². The number of carbonyl (C=O) groups excluding carboxylic acids is 2. The number of nitrogens with one attached hydrogen (secondary N) is 2. The molecule has 1 fully saturated rings. The summed E-state index contributed by atoms with van der Waals surface area (Å²) >= 11 is 0. The lowest BCUT2D eigenvalue weighted by atomic mass is 9.92. The predicted octanol–water partition coefficient (Wildman–Crippen LogP) is 5.21. The first-order valence-electron chi connectivity index (χ1n) is 14.1. The number of aryl methyl sites for hydroxylation is 2. The quantitative estimate of drug-likeness (QED) is 0.344. The van der Waals surface area contributed by atoms with Crippen LogP contribution in [0.5, 0.6) is 0 Å². The van der Waals surface area contributed by atoms with E-state index in [1.165, 1.54) is 0 Å². The third kappa shape index (κ3) is 5.01. The molecule has 0 bridgehead atoms. The lowest BCUT2D eigenvalue weighted by Gasteiger charge is -2.45. The summed E-state index contributed by atoms with van der Waals surface area (Å²) in [7, 11) is 0. The van der Waals surface area contributed by atoms with Crippen LogP contribution in [0.1, 0.15) is 57.0 Å². The van der Waals surface area contributed by atoms with Crippen molar-refractivity contribution < 1.29 is 14.1 Å². The van der Waals surface area contributed by atoms with Gasteiger partial charge in [0.2, 0.25) is 5.91 Å². The third-order valence-corrected chi connectivity index (χ3v) is 8.26. The summed E-state index contributed by atoms with van der Waals surface area (Å²) in [5.41, 5.74) is 6.98. The van der Waals surface area contributed by atoms with Crippen LogP contribution in [0.4, 0.5) is 17.1 Å².